The number of rotatable bonds is 16. The average molecular weight is 730 g/mol. The molecule has 2 aromatic rings. The summed E-state index contributed by atoms with van der Waals surface area (Å²) in [5.41, 5.74) is 2.13. The van der Waals surface area contributed by atoms with Gasteiger partial charge in [0.2, 0.25) is 23.6 Å². The van der Waals surface area contributed by atoms with Gasteiger partial charge < -0.3 is 32.1 Å². The molecule has 1 aliphatic heterocycles. The number of nitrogens with zero attached hydrogens (tertiary/aromatic N) is 2. The van der Waals surface area contributed by atoms with Gasteiger partial charge >= 0.3 is 18.0 Å². The zero-order valence-electron chi connectivity index (χ0n) is 27.5. The molecular formula is C32H37F6N7O6. The highest BCUT2D eigenvalue weighted by atomic mass is 19.4. The van der Waals surface area contributed by atoms with Gasteiger partial charge in [0.15, 0.2) is 6.10 Å². The van der Waals surface area contributed by atoms with Crippen molar-refractivity contribution in [3.8, 4) is 0 Å². The number of nitrogens with one attached hydrogen (secondary N) is 4. The van der Waals surface area contributed by atoms with Crippen molar-refractivity contribution in [1.82, 2.24) is 21.3 Å². The van der Waals surface area contributed by atoms with Crippen LogP contribution in [0.4, 0.5) is 26.3 Å². The van der Waals surface area contributed by atoms with Crippen LogP contribution in [0.25, 0.3) is 0 Å². The minimum absolute atomic E-state index is 0.145. The Bertz CT molecular complexity index is 1610. The van der Waals surface area contributed by atoms with Crippen LogP contribution < -0.4 is 27.0 Å². The lowest BCUT2D eigenvalue weighted by molar-refractivity contribution is -0.212. The Labute approximate surface area is 287 Å². The number of aliphatic hydroxyl groups is 1. The van der Waals surface area contributed by atoms with E-state index < -0.39 is 102 Å². The Kier molecular flexibility index (Phi) is 12.9. The van der Waals surface area contributed by atoms with Crippen molar-refractivity contribution in [1.29, 1.82) is 0 Å². The monoisotopic (exact) mass is 729 g/mol. The summed E-state index contributed by atoms with van der Waals surface area (Å²) in [4.78, 5) is 64.1. The van der Waals surface area contributed by atoms with Gasteiger partial charge in [-0.15, -0.1) is 10.2 Å². The van der Waals surface area contributed by atoms with Crippen LogP contribution in [0.15, 0.2) is 64.8 Å². The van der Waals surface area contributed by atoms with Gasteiger partial charge in [0.05, 0.1) is 6.04 Å². The van der Waals surface area contributed by atoms with E-state index in [4.69, 9.17) is 5.73 Å². The highest BCUT2D eigenvalue weighted by molar-refractivity contribution is 5.99. The fourth-order valence-corrected chi connectivity index (χ4v) is 4.92. The Morgan fingerprint density at radius 1 is 0.824 bits per heavy atom. The molecule has 2 aromatic carbocycles. The van der Waals surface area contributed by atoms with Crippen molar-refractivity contribution in [2.45, 2.75) is 88.3 Å². The Balaban J connectivity index is 1.77. The number of carbonyl (C=O) groups is 5. The number of halogens is 6. The molecule has 19 heteroatoms. The molecule has 1 aliphatic rings. The van der Waals surface area contributed by atoms with Crippen LogP contribution >= 0.6 is 0 Å². The lowest BCUT2D eigenvalue weighted by atomic mass is 9.98. The molecule has 5 atom stereocenters. The zero-order valence-corrected chi connectivity index (χ0v) is 27.5. The quantitative estimate of drug-likeness (QED) is 0.143. The molecule has 0 fully saturated rings. The van der Waals surface area contributed by atoms with Crippen LogP contribution in [0.2, 0.25) is 0 Å². The number of primary amides is 1. The molecule has 13 nitrogen and oxygen atoms in total. The van der Waals surface area contributed by atoms with Crippen LogP contribution in [-0.4, -0.2) is 77.3 Å². The summed E-state index contributed by atoms with van der Waals surface area (Å²) < 4.78 is 80.3. The summed E-state index contributed by atoms with van der Waals surface area (Å²) in [6, 6.07) is 6.50. The van der Waals surface area contributed by atoms with E-state index in [0.29, 0.717) is 5.56 Å². The van der Waals surface area contributed by atoms with Crippen molar-refractivity contribution >= 4 is 29.5 Å². The maximum atomic E-state index is 13.5. The van der Waals surface area contributed by atoms with Crippen LogP contribution in [0, 0.1) is 5.92 Å². The number of hydrogen-bond acceptors (Lipinski definition) is 8. The van der Waals surface area contributed by atoms with Crippen molar-refractivity contribution in [3.05, 3.63) is 71.3 Å². The predicted octanol–water partition coefficient (Wildman–Crippen LogP) is 2.53. The Hall–Kier alpha value is -5.07. The second-order valence-corrected chi connectivity index (χ2v) is 12.2. The van der Waals surface area contributed by atoms with Gasteiger partial charge in [-0.1, -0.05) is 56.3 Å². The third kappa shape index (κ3) is 10.7. The molecule has 0 saturated heterocycles. The first-order valence-electron chi connectivity index (χ1n) is 15.6. The fourth-order valence-electron chi connectivity index (χ4n) is 4.92. The predicted molar refractivity (Wildman–Crippen MR) is 167 cm³/mol. The molecule has 0 radical (unpaired) electrons. The van der Waals surface area contributed by atoms with Gasteiger partial charge in [0, 0.05) is 24.0 Å². The largest absolute Gasteiger partial charge is 0.442 e. The summed E-state index contributed by atoms with van der Waals surface area (Å²) in [7, 11) is 0. The van der Waals surface area contributed by atoms with E-state index in [9.17, 15) is 55.4 Å². The van der Waals surface area contributed by atoms with Gasteiger partial charge in [-0.05, 0) is 37.0 Å². The second-order valence-electron chi connectivity index (χ2n) is 12.2. The highest BCUT2D eigenvalue weighted by Gasteiger charge is 2.65. The van der Waals surface area contributed by atoms with Crippen molar-refractivity contribution in [3.63, 3.8) is 0 Å². The molecule has 5 unspecified atom stereocenters. The third-order valence-corrected chi connectivity index (χ3v) is 7.87. The second kappa shape index (κ2) is 16.3. The van der Waals surface area contributed by atoms with E-state index in [-0.39, 0.29) is 12.0 Å². The van der Waals surface area contributed by atoms with E-state index in [1.165, 1.54) is 12.1 Å². The van der Waals surface area contributed by atoms with E-state index in [2.05, 4.69) is 26.2 Å². The molecule has 0 aromatic heterocycles. The molecule has 0 bridgehead atoms. The molecular weight excluding hydrogens is 692 g/mol. The average Bonchev–Trinajstić information content (AvgIpc) is 3.87. The zero-order chi connectivity index (χ0) is 38.3. The van der Waals surface area contributed by atoms with Gasteiger partial charge in [-0.25, -0.2) is 0 Å². The van der Waals surface area contributed by atoms with E-state index in [1.54, 1.807) is 44.2 Å². The number of aliphatic hydroxyl groups excluding tert-OH is 1. The van der Waals surface area contributed by atoms with Crippen LogP contribution in [-0.2, 0) is 31.3 Å². The summed E-state index contributed by atoms with van der Waals surface area (Å²) >= 11 is 0. The standard InChI is InChI=1S/C32H37F6N7O6/c1-16(2)24(43-27(49)19-10-7-11-20(15-19)30(44-45-30)32(36,37)38)29(51)42-22(14-18-8-5-4-6-9-18)28(50)40-17(3)26(48)41-21(12-13-23(39)46)25(47)31(33,34)35/h4-11,15-17,21-22,24-25,47H,12-14H2,1-3H3,(H2,39,46)(H,40,50)(H,41,48)(H,42,51)(H,43,49). The molecule has 0 spiro atoms. The normalized spacial score (nSPS) is 16.6. The minimum atomic E-state index is -5.16. The molecule has 0 saturated carbocycles. The van der Waals surface area contributed by atoms with Crippen molar-refractivity contribution in [2.75, 3.05) is 0 Å². The minimum Gasteiger partial charge on any atom is -0.382 e. The first-order chi connectivity index (χ1) is 23.7. The van der Waals surface area contributed by atoms with Crippen molar-refractivity contribution < 1.29 is 55.4 Å². The van der Waals surface area contributed by atoms with Gasteiger partial charge in [-0.2, -0.15) is 26.3 Å². The number of carbonyl (C=O) groups excluding carboxylic acids is 5. The Morgan fingerprint density at radius 2 is 1.45 bits per heavy atom. The first-order valence-corrected chi connectivity index (χ1v) is 15.6. The van der Waals surface area contributed by atoms with Crippen LogP contribution in [0.1, 0.15) is 55.1 Å². The molecule has 51 heavy (non-hydrogen) atoms. The lowest BCUT2D eigenvalue weighted by Crippen LogP contribution is -2.59. The summed E-state index contributed by atoms with van der Waals surface area (Å²) in [5.74, 6) is -5.48. The number of benzene rings is 2. The molecule has 5 amide bonds. The summed E-state index contributed by atoms with van der Waals surface area (Å²) in [6.45, 7) is 4.25. The number of alkyl halides is 6. The molecule has 3 rings (SSSR count). The topological polar surface area (TPSA) is 204 Å². The molecule has 0 aliphatic carbocycles. The summed E-state index contributed by atoms with van der Waals surface area (Å²) in [6.07, 6.45) is -14.4. The van der Waals surface area contributed by atoms with E-state index in [0.717, 1.165) is 19.1 Å². The van der Waals surface area contributed by atoms with Gasteiger partial charge in [0.1, 0.15) is 18.1 Å². The molecule has 278 valence electrons. The molecule has 7 N–H and O–H groups in total. The van der Waals surface area contributed by atoms with E-state index >= 15 is 0 Å². The summed E-state index contributed by atoms with van der Waals surface area (Å²) in [5, 5.41) is 25.2. The van der Waals surface area contributed by atoms with Gasteiger partial charge in [-0.3, -0.25) is 24.0 Å². The Morgan fingerprint density at radius 3 is 1.98 bits per heavy atom. The maximum absolute atomic E-state index is 13.5. The number of nitrogens with two attached hydrogens (primary N) is 1. The first kappa shape index (κ1) is 40.4. The SMILES string of the molecule is CC(NC(=O)C(Cc1ccccc1)NC(=O)C(NC(=O)c1cccc(C2(C(F)(F)F)N=N2)c1)C(C)C)C(=O)NC(CCC(N)=O)C(O)C(F)(F)F. The van der Waals surface area contributed by atoms with Crippen LogP contribution in [0.5, 0.6) is 0 Å². The van der Waals surface area contributed by atoms with Gasteiger partial charge in [0.25, 0.3) is 5.91 Å². The number of hydrogen-bond donors (Lipinski definition) is 6. The number of amides is 5. The fraction of sp³-hybridized carbons (Fsp3) is 0.469. The third-order valence-electron chi connectivity index (χ3n) is 7.87. The smallest absolute Gasteiger partial charge is 0.382 e. The lowest BCUT2D eigenvalue weighted by Gasteiger charge is -2.28. The van der Waals surface area contributed by atoms with Crippen molar-refractivity contribution in [2.24, 2.45) is 21.9 Å². The van der Waals surface area contributed by atoms with Crippen LogP contribution in [0.3, 0.4) is 0 Å². The maximum Gasteiger partial charge on any atom is 0.442 e. The molecule has 1 heterocycles. The highest BCUT2D eigenvalue weighted by Crippen LogP contribution is 2.52. The van der Waals surface area contributed by atoms with E-state index in [1.807, 2.05) is 5.32 Å².